The summed E-state index contributed by atoms with van der Waals surface area (Å²) in [6, 6.07) is 11.7. The van der Waals surface area contributed by atoms with E-state index < -0.39 is 0 Å². The van der Waals surface area contributed by atoms with E-state index >= 15 is 0 Å². The van der Waals surface area contributed by atoms with E-state index in [-0.39, 0.29) is 0 Å². The summed E-state index contributed by atoms with van der Waals surface area (Å²) in [5.74, 6) is 3.42. The van der Waals surface area contributed by atoms with Gasteiger partial charge in [-0.15, -0.1) is 0 Å². The van der Waals surface area contributed by atoms with Gasteiger partial charge >= 0.3 is 0 Å². The summed E-state index contributed by atoms with van der Waals surface area (Å²) in [6.45, 7) is 9.46. The molecule has 1 aromatic carbocycles. The highest BCUT2D eigenvalue weighted by atomic mass is 15.2. The van der Waals surface area contributed by atoms with Crippen molar-refractivity contribution in [1.29, 1.82) is 0 Å². The van der Waals surface area contributed by atoms with Crippen LogP contribution in [0.2, 0.25) is 0 Å². The lowest BCUT2D eigenvalue weighted by Crippen LogP contribution is -2.32. The van der Waals surface area contributed by atoms with Crippen molar-refractivity contribution < 1.29 is 0 Å². The number of hydrogen-bond acceptors (Lipinski definition) is 2. The molecule has 0 amide bonds. The number of nitrogens with zero attached hydrogens (tertiary/aromatic N) is 2. The second-order valence-corrected chi connectivity index (χ2v) is 7.45. The molecule has 2 heteroatoms. The standard InChI is InChI=1S/C19H29N2/c1-15(2)11-21-13-17-9-19(10-18(17)14-21)20(3)12-16-7-5-4-6-8-16/h4-8,17-19H,9-14H2,1-3H3/t17-,18+,19+. The number of likely N-dealkylation sites (tertiary alicyclic amines) is 1. The third-order valence-electron chi connectivity index (χ3n) is 5.24. The van der Waals surface area contributed by atoms with E-state index in [1.807, 2.05) is 0 Å². The van der Waals surface area contributed by atoms with Crippen molar-refractivity contribution in [2.24, 2.45) is 11.8 Å². The minimum atomic E-state index is 0.786. The van der Waals surface area contributed by atoms with Crippen LogP contribution in [0.3, 0.4) is 0 Å². The third-order valence-corrected chi connectivity index (χ3v) is 5.24. The molecule has 1 aliphatic heterocycles. The molecule has 1 saturated carbocycles. The maximum Gasteiger partial charge on any atom is 0.0233 e. The van der Waals surface area contributed by atoms with Gasteiger partial charge in [-0.25, -0.2) is 0 Å². The van der Waals surface area contributed by atoms with Crippen LogP contribution in [0.4, 0.5) is 0 Å². The van der Waals surface area contributed by atoms with Gasteiger partial charge in [0.25, 0.3) is 0 Å². The van der Waals surface area contributed by atoms with Crippen LogP contribution >= 0.6 is 0 Å². The molecule has 115 valence electrons. The van der Waals surface area contributed by atoms with Crippen molar-refractivity contribution in [3.63, 3.8) is 0 Å². The van der Waals surface area contributed by atoms with Crippen molar-refractivity contribution >= 4 is 0 Å². The fourth-order valence-corrected chi connectivity index (χ4v) is 4.30. The van der Waals surface area contributed by atoms with Crippen LogP contribution in [-0.4, -0.2) is 42.5 Å². The van der Waals surface area contributed by atoms with Crippen molar-refractivity contribution in [2.45, 2.75) is 39.3 Å². The average Bonchev–Trinajstić information content (AvgIpc) is 2.97. The van der Waals surface area contributed by atoms with Crippen LogP contribution in [-0.2, 0) is 6.54 Å². The summed E-state index contributed by atoms with van der Waals surface area (Å²) >= 11 is 0. The van der Waals surface area contributed by atoms with Crippen molar-refractivity contribution in [1.82, 2.24) is 9.80 Å². The molecule has 2 fully saturated rings. The Morgan fingerprint density at radius 2 is 1.71 bits per heavy atom. The van der Waals surface area contributed by atoms with Gasteiger partial charge < -0.3 is 4.90 Å². The summed E-state index contributed by atoms with van der Waals surface area (Å²) < 4.78 is 0. The summed E-state index contributed by atoms with van der Waals surface area (Å²) in [6.07, 6.45) is 2.79. The van der Waals surface area contributed by atoms with E-state index in [1.54, 1.807) is 5.92 Å². The Labute approximate surface area is 130 Å². The lowest BCUT2D eigenvalue weighted by Gasteiger charge is -2.27. The van der Waals surface area contributed by atoms with Gasteiger partial charge in [0.15, 0.2) is 0 Å². The van der Waals surface area contributed by atoms with Crippen LogP contribution in [0.15, 0.2) is 30.3 Å². The lowest BCUT2D eigenvalue weighted by molar-refractivity contribution is 0.212. The third kappa shape index (κ3) is 3.67. The molecule has 0 bridgehead atoms. The highest BCUT2D eigenvalue weighted by Gasteiger charge is 2.41. The Hall–Kier alpha value is -0.860. The predicted octanol–water partition coefficient (Wildman–Crippen LogP) is 3.44. The summed E-state index contributed by atoms with van der Waals surface area (Å²) in [4.78, 5) is 5.24. The van der Waals surface area contributed by atoms with E-state index in [9.17, 15) is 0 Å². The molecule has 1 aliphatic carbocycles. The highest BCUT2D eigenvalue weighted by Crippen LogP contribution is 2.40. The van der Waals surface area contributed by atoms with E-state index in [0.29, 0.717) is 0 Å². The molecule has 2 nitrogen and oxygen atoms in total. The molecule has 0 N–H and O–H groups in total. The Kier molecular flexibility index (Phi) is 4.66. The first-order valence-electron chi connectivity index (χ1n) is 8.37. The monoisotopic (exact) mass is 285 g/mol. The molecule has 3 rings (SSSR count). The summed E-state index contributed by atoms with van der Waals surface area (Å²) in [5.41, 5.74) is 1.44. The van der Waals surface area contributed by atoms with Crippen LogP contribution < -0.4 is 0 Å². The topological polar surface area (TPSA) is 6.48 Å². The largest absolute Gasteiger partial charge is 0.302 e. The van der Waals surface area contributed by atoms with Gasteiger partial charge in [-0.05, 0) is 43.2 Å². The minimum absolute atomic E-state index is 0.786. The van der Waals surface area contributed by atoms with Crippen LogP contribution in [0.25, 0.3) is 0 Å². The summed E-state index contributed by atoms with van der Waals surface area (Å²) in [7, 11) is 2.31. The molecule has 1 radical (unpaired) electrons. The second kappa shape index (κ2) is 6.50. The lowest BCUT2D eigenvalue weighted by atomic mass is 10.0. The number of benzene rings is 1. The van der Waals surface area contributed by atoms with Gasteiger partial charge in [-0.3, -0.25) is 4.90 Å². The first-order valence-corrected chi connectivity index (χ1v) is 8.37. The number of fused-ring (bicyclic) bond motifs is 1. The molecule has 1 heterocycles. The molecule has 1 aromatic rings. The quantitative estimate of drug-likeness (QED) is 0.817. The van der Waals surface area contributed by atoms with Gasteiger partial charge in [-0.1, -0.05) is 44.2 Å². The fraction of sp³-hybridized carbons (Fsp3) is 0.632. The van der Waals surface area contributed by atoms with Crippen LogP contribution in [0.5, 0.6) is 0 Å². The van der Waals surface area contributed by atoms with Crippen molar-refractivity contribution in [3.05, 3.63) is 41.8 Å². The zero-order chi connectivity index (χ0) is 14.8. The highest BCUT2D eigenvalue weighted by molar-refractivity contribution is 5.14. The van der Waals surface area contributed by atoms with Crippen LogP contribution in [0.1, 0.15) is 32.3 Å². The molecule has 2 aliphatic rings. The van der Waals surface area contributed by atoms with E-state index in [0.717, 1.165) is 24.4 Å². The first-order chi connectivity index (χ1) is 10.1. The SMILES string of the molecule is C[C](C)CN1C[C@H]2C[C@H](N(C)Cc3ccccc3)C[C@H]2C1. The number of rotatable bonds is 5. The molecule has 0 unspecified atom stereocenters. The Morgan fingerprint density at radius 3 is 2.29 bits per heavy atom. The van der Waals surface area contributed by atoms with Crippen molar-refractivity contribution in [3.8, 4) is 0 Å². The predicted molar refractivity (Wildman–Crippen MR) is 88.9 cm³/mol. The van der Waals surface area contributed by atoms with E-state index in [4.69, 9.17) is 0 Å². The molecular weight excluding hydrogens is 256 g/mol. The summed E-state index contributed by atoms with van der Waals surface area (Å²) in [5, 5.41) is 0. The molecule has 0 aromatic heterocycles. The average molecular weight is 285 g/mol. The molecule has 1 saturated heterocycles. The smallest absolute Gasteiger partial charge is 0.0233 e. The molecular formula is C19H29N2. The normalized spacial score (nSPS) is 29.5. The first kappa shape index (κ1) is 15.1. The molecule has 3 atom stereocenters. The van der Waals surface area contributed by atoms with Gasteiger partial charge in [0.1, 0.15) is 0 Å². The Morgan fingerprint density at radius 1 is 1.10 bits per heavy atom. The Balaban J connectivity index is 1.50. The maximum atomic E-state index is 2.66. The van der Waals surface area contributed by atoms with E-state index in [1.165, 1.54) is 38.0 Å². The second-order valence-electron chi connectivity index (χ2n) is 7.45. The van der Waals surface area contributed by atoms with Crippen LogP contribution in [0, 0.1) is 17.8 Å². The zero-order valence-corrected chi connectivity index (χ0v) is 13.8. The van der Waals surface area contributed by atoms with Gasteiger partial charge in [0.05, 0.1) is 0 Å². The van der Waals surface area contributed by atoms with Gasteiger partial charge in [0.2, 0.25) is 0 Å². The minimum Gasteiger partial charge on any atom is -0.302 e. The Bertz CT molecular complexity index is 428. The zero-order valence-electron chi connectivity index (χ0n) is 13.8. The molecule has 21 heavy (non-hydrogen) atoms. The maximum absolute atomic E-state index is 2.66. The van der Waals surface area contributed by atoms with E-state index in [2.05, 4.69) is 61.0 Å². The number of hydrogen-bond donors (Lipinski definition) is 0. The molecule has 0 spiro atoms. The van der Waals surface area contributed by atoms with Crippen molar-refractivity contribution in [2.75, 3.05) is 26.7 Å². The fourth-order valence-electron chi connectivity index (χ4n) is 4.30. The van der Waals surface area contributed by atoms with Gasteiger partial charge in [0, 0.05) is 32.2 Å². The van der Waals surface area contributed by atoms with Gasteiger partial charge in [-0.2, -0.15) is 0 Å².